The zero-order chi connectivity index (χ0) is 12.3. The molecule has 3 heteroatoms. The molecule has 1 aliphatic rings. The summed E-state index contributed by atoms with van der Waals surface area (Å²) < 4.78 is 16.3. The maximum atomic E-state index is 5.73. The molecular formula is C14H20O3. The summed E-state index contributed by atoms with van der Waals surface area (Å²) in [6, 6.07) is 6.02. The maximum absolute atomic E-state index is 5.73. The lowest BCUT2D eigenvalue weighted by molar-refractivity contribution is 0.272. The lowest BCUT2D eigenvalue weighted by atomic mass is 10.1. The second-order valence-corrected chi connectivity index (χ2v) is 4.76. The highest BCUT2D eigenvalue weighted by molar-refractivity contribution is 5.44. The minimum Gasteiger partial charge on any atom is -0.493 e. The van der Waals surface area contributed by atoms with E-state index in [0.717, 1.165) is 36.7 Å². The fourth-order valence-corrected chi connectivity index (χ4v) is 1.65. The number of benzene rings is 1. The number of hydrogen-bond acceptors (Lipinski definition) is 3. The highest BCUT2D eigenvalue weighted by Gasteiger charge is 2.25. The number of rotatable bonds is 6. The van der Waals surface area contributed by atoms with Gasteiger partial charge in [0.05, 0.1) is 20.3 Å². The average molecular weight is 236 g/mol. The quantitative estimate of drug-likeness (QED) is 0.711. The molecule has 0 saturated carbocycles. The van der Waals surface area contributed by atoms with E-state index >= 15 is 0 Å². The van der Waals surface area contributed by atoms with Gasteiger partial charge >= 0.3 is 0 Å². The SMILES string of the molecule is COc1cc([C@H]2CO2)ccc1OCCC(C)C. The van der Waals surface area contributed by atoms with Crippen LogP contribution in [0.3, 0.4) is 0 Å². The van der Waals surface area contributed by atoms with Crippen LogP contribution in [-0.4, -0.2) is 20.3 Å². The van der Waals surface area contributed by atoms with E-state index in [1.54, 1.807) is 7.11 Å². The van der Waals surface area contributed by atoms with E-state index in [4.69, 9.17) is 14.2 Å². The number of hydrogen-bond donors (Lipinski definition) is 0. The maximum Gasteiger partial charge on any atom is 0.161 e. The number of ether oxygens (including phenoxy) is 3. The predicted octanol–water partition coefficient (Wildman–Crippen LogP) is 3.19. The largest absolute Gasteiger partial charge is 0.493 e. The molecule has 1 aromatic rings. The smallest absolute Gasteiger partial charge is 0.161 e. The second kappa shape index (κ2) is 5.41. The Bertz CT molecular complexity index is 370. The molecule has 0 N–H and O–H groups in total. The highest BCUT2D eigenvalue weighted by atomic mass is 16.6. The third kappa shape index (κ3) is 3.37. The van der Waals surface area contributed by atoms with E-state index in [1.807, 2.05) is 18.2 Å². The second-order valence-electron chi connectivity index (χ2n) is 4.76. The third-order valence-electron chi connectivity index (χ3n) is 2.85. The number of epoxide rings is 1. The molecule has 0 aromatic heterocycles. The van der Waals surface area contributed by atoms with Gasteiger partial charge in [0.2, 0.25) is 0 Å². The van der Waals surface area contributed by atoms with Crippen molar-refractivity contribution < 1.29 is 14.2 Å². The summed E-state index contributed by atoms with van der Waals surface area (Å²) in [4.78, 5) is 0. The zero-order valence-electron chi connectivity index (χ0n) is 10.7. The molecule has 1 saturated heterocycles. The Morgan fingerprint density at radius 1 is 1.35 bits per heavy atom. The first-order valence-electron chi connectivity index (χ1n) is 6.13. The Morgan fingerprint density at radius 2 is 2.12 bits per heavy atom. The summed E-state index contributed by atoms with van der Waals surface area (Å²) in [6.45, 7) is 5.92. The van der Waals surface area contributed by atoms with Crippen LogP contribution in [-0.2, 0) is 4.74 Å². The van der Waals surface area contributed by atoms with Crippen LogP contribution < -0.4 is 9.47 Å². The van der Waals surface area contributed by atoms with Crippen molar-refractivity contribution in [2.75, 3.05) is 20.3 Å². The lowest BCUT2D eigenvalue weighted by Crippen LogP contribution is -2.02. The van der Waals surface area contributed by atoms with Crippen LogP contribution in [0.5, 0.6) is 11.5 Å². The van der Waals surface area contributed by atoms with Gasteiger partial charge in [-0.2, -0.15) is 0 Å². The molecule has 17 heavy (non-hydrogen) atoms. The van der Waals surface area contributed by atoms with Crippen LogP contribution in [0.2, 0.25) is 0 Å². The molecular weight excluding hydrogens is 216 g/mol. The topological polar surface area (TPSA) is 31.0 Å². The van der Waals surface area contributed by atoms with E-state index in [-0.39, 0.29) is 6.10 Å². The Balaban J connectivity index is 2.00. The monoisotopic (exact) mass is 236 g/mol. The predicted molar refractivity (Wildman–Crippen MR) is 66.6 cm³/mol. The molecule has 0 bridgehead atoms. The molecule has 0 radical (unpaired) electrons. The summed E-state index contributed by atoms with van der Waals surface area (Å²) in [5, 5.41) is 0. The minimum atomic E-state index is 0.258. The van der Waals surface area contributed by atoms with Gasteiger partial charge in [-0.1, -0.05) is 19.9 Å². The van der Waals surface area contributed by atoms with E-state index < -0.39 is 0 Å². The summed E-state index contributed by atoms with van der Waals surface area (Å²) in [5.41, 5.74) is 1.16. The normalized spacial score (nSPS) is 18.2. The fraction of sp³-hybridized carbons (Fsp3) is 0.571. The molecule has 1 aromatic carbocycles. The van der Waals surface area contributed by atoms with Crippen molar-refractivity contribution >= 4 is 0 Å². The molecule has 1 aliphatic heterocycles. The van der Waals surface area contributed by atoms with E-state index in [9.17, 15) is 0 Å². The first-order chi connectivity index (χ1) is 8.20. The highest BCUT2D eigenvalue weighted by Crippen LogP contribution is 2.36. The number of methoxy groups -OCH3 is 1. The average Bonchev–Trinajstić information content (AvgIpc) is 3.13. The molecule has 0 amide bonds. The molecule has 0 aliphatic carbocycles. The van der Waals surface area contributed by atoms with E-state index in [1.165, 1.54) is 0 Å². The summed E-state index contributed by atoms with van der Waals surface area (Å²) in [7, 11) is 1.67. The first kappa shape index (κ1) is 12.2. The van der Waals surface area contributed by atoms with Crippen molar-refractivity contribution in [3.8, 4) is 11.5 Å². The van der Waals surface area contributed by atoms with E-state index in [0.29, 0.717) is 5.92 Å². The Hall–Kier alpha value is -1.22. The van der Waals surface area contributed by atoms with Crippen molar-refractivity contribution in [2.45, 2.75) is 26.4 Å². The van der Waals surface area contributed by atoms with Crippen LogP contribution in [0.25, 0.3) is 0 Å². The van der Waals surface area contributed by atoms with Gasteiger partial charge in [-0.15, -0.1) is 0 Å². The van der Waals surface area contributed by atoms with Gasteiger partial charge in [0.25, 0.3) is 0 Å². The molecule has 0 spiro atoms. The summed E-state index contributed by atoms with van der Waals surface area (Å²) in [5.74, 6) is 2.26. The van der Waals surface area contributed by atoms with Crippen molar-refractivity contribution in [2.24, 2.45) is 5.92 Å². The minimum absolute atomic E-state index is 0.258. The third-order valence-corrected chi connectivity index (χ3v) is 2.85. The van der Waals surface area contributed by atoms with Crippen LogP contribution in [0.1, 0.15) is 31.9 Å². The van der Waals surface area contributed by atoms with E-state index in [2.05, 4.69) is 13.8 Å². The molecule has 1 heterocycles. The van der Waals surface area contributed by atoms with Crippen LogP contribution in [0.4, 0.5) is 0 Å². The molecule has 1 fully saturated rings. The van der Waals surface area contributed by atoms with Crippen molar-refractivity contribution in [3.63, 3.8) is 0 Å². The Morgan fingerprint density at radius 3 is 2.71 bits per heavy atom. The van der Waals surface area contributed by atoms with Gasteiger partial charge in [0.15, 0.2) is 11.5 Å². The Kier molecular flexibility index (Phi) is 3.89. The van der Waals surface area contributed by atoms with Crippen LogP contribution in [0.15, 0.2) is 18.2 Å². The van der Waals surface area contributed by atoms with Gasteiger partial charge in [0.1, 0.15) is 6.10 Å². The summed E-state index contributed by atoms with van der Waals surface area (Å²) >= 11 is 0. The molecule has 3 nitrogen and oxygen atoms in total. The zero-order valence-corrected chi connectivity index (χ0v) is 10.7. The first-order valence-corrected chi connectivity index (χ1v) is 6.13. The molecule has 94 valence electrons. The standard InChI is InChI=1S/C14H20O3/c1-10(2)6-7-16-12-5-4-11(14-9-17-14)8-13(12)15-3/h4-5,8,10,14H,6-7,9H2,1-3H3/t14-/m1/s1. The van der Waals surface area contributed by atoms with Crippen molar-refractivity contribution in [1.29, 1.82) is 0 Å². The molecule has 1 atom stereocenters. The summed E-state index contributed by atoms with van der Waals surface area (Å²) in [6.07, 6.45) is 1.31. The molecule has 2 rings (SSSR count). The van der Waals surface area contributed by atoms with Gasteiger partial charge in [-0.05, 0) is 30.0 Å². The Labute approximate surface area is 103 Å². The van der Waals surface area contributed by atoms with Crippen molar-refractivity contribution in [1.82, 2.24) is 0 Å². The van der Waals surface area contributed by atoms with Gasteiger partial charge in [-0.25, -0.2) is 0 Å². The fourth-order valence-electron chi connectivity index (χ4n) is 1.65. The van der Waals surface area contributed by atoms with Crippen molar-refractivity contribution in [3.05, 3.63) is 23.8 Å². The molecule has 0 unspecified atom stereocenters. The van der Waals surface area contributed by atoms with Gasteiger partial charge in [0, 0.05) is 0 Å². The van der Waals surface area contributed by atoms with Crippen LogP contribution in [0, 0.1) is 5.92 Å². The lowest BCUT2D eigenvalue weighted by Gasteiger charge is -2.12. The van der Waals surface area contributed by atoms with Gasteiger partial charge in [-0.3, -0.25) is 0 Å². The van der Waals surface area contributed by atoms with Gasteiger partial charge < -0.3 is 14.2 Å². The van der Waals surface area contributed by atoms with Crippen LogP contribution >= 0.6 is 0 Å².